The number of rotatable bonds is 3. The minimum absolute atomic E-state index is 0.570. The van der Waals surface area contributed by atoms with Gasteiger partial charge in [-0.3, -0.25) is 0 Å². The summed E-state index contributed by atoms with van der Waals surface area (Å²) >= 11 is 0. The predicted octanol–water partition coefficient (Wildman–Crippen LogP) is 3.81. The summed E-state index contributed by atoms with van der Waals surface area (Å²) in [5.41, 5.74) is 1.46. The number of ether oxygens (including phenoxy) is 2. The first-order valence-electron chi connectivity index (χ1n) is 7.06. The first-order chi connectivity index (χ1) is 9.72. The maximum Gasteiger partial charge on any atom is 0.126 e. The van der Waals surface area contributed by atoms with Crippen molar-refractivity contribution in [3.63, 3.8) is 0 Å². The maximum absolute atomic E-state index is 5.53. The van der Waals surface area contributed by atoms with Crippen molar-refractivity contribution in [2.45, 2.75) is 5.75 Å². The molecule has 3 heteroatoms. The van der Waals surface area contributed by atoms with Gasteiger partial charge in [0.25, 0.3) is 0 Å². The van der Waals surface area contributed by atoms with Gasteiger partial charge in [0.05, 0.1) is 20.3 Å². The van der Waals surface area contributed by atoms with Crippen LogP contribution in [0.15, 0.2) is 36.4 Å². The largest absolute Gasteiger partial charge is 0.496 e. The summed E-state index contributed by atoms with van der Waals surface area (Å²) in [5, 5.41) is 2.56. The lowest BCUT2D eigenvalue weighted by atomic mass is 10.0. The van der Waals surface area contributed by atoms with Crippen LogP contribution in [-0.2, 0) is 10.5 Å². The fourth-order valence-electron chi connectivity index (χ4n) is 2.88. The molecule has 20 heavy (non-hydrogen) atoms. The summed E-state index contributed by atoms with van der Waals surface area (Å²) in [6.45, 7) is 1.86. The number of hydrogen-bond donors (Lipinski definition) is 0. The number of hydrogen-bond acceptors (Lipinski definition) is 2. The van der Waals surface area contributed by atoms with Crippen molar-refractivity contribution in [2.75, 3.05) is 38.1 Å². The Labute approximate surface area is 122 Å². The summed E-state index contributed by atoms with van der Waals surface area (Å²) in [6, 6.07) is 12.9. The quantitative estimate of drug-likeness (QED) is 0.855. The molecule has 1 aliphatic heterocycles. The van der Waals surface area contributed by atoms with Crippen LogP contribution in [0, 0.1) is 0 Å². The average Bonchev–Trinajstić information content (AvgIpc) is 2.48. The maximum atomic E-state index is 5.53. The minimum atomic E-state index is -0.570. The highest BCUT2D eigenvalue weighted by Crippen LogP contribution is 2.49. The highest BCUT2D eigenvalue weighted by molar-refractivity contribution is 8.32. The molecule has 0 bridgehead atoms. The van der Waals surface area contributed by atoms with Crippen LogP contribution < -0.4 is 4.74 Å². The van der Waals surface area contributed by atoms with Gasteiger partial charge in [-0.25, -0.2) is 10.0 Å². The van der Waals surface area contributed by atoms with Crippen molar-refractivity contribution in [3.8, 4) is 5.75 Å². The Morgan fingerprint density at radius 1 is 1.05 bits per heavy atom. The molecule has 0 aromatic heterocycles. The molecule has 0 amide bonds. The molecule has 0 radical (unpaired) electrons. The van der Waals surface area contributed by atoms with Crippen molar-refractivity contribution in [1.82, 2.24) is 0 Å². The van der Waals surface area contributed by atoms with Crippen molar-refractivity contribution >= 4 is 20.8 Å². The van der Waals surface area contributed by atoms with Gasteiger partial charge >= 0.3 is 0 Å². The molecule has 0 N–H and O–H groups in total. The highest BCUT2D eigenvalue weighted by Gasteiger charge is 2.23. The molecule has 1 fully saturated rings. The molecule has 2 aromatic carbocycles. The third-order valence-corrected chi connectivity index (χ3v) is 7.45. The Kier molecular flexibility index (Phi) is 3.90. The van der Waals surface area contributed by atoms with E-state index in [1.54, 1.807) is 7.11 Å². The second kappa shape index (κ2) is 5.66. The zero-order valence-corrected chi connectivity index (χ0v) is 13.0. The Balaban J connectivity index is 1.99. The van der Waals surface area contributed by atoms with Crippen LogP contribution in [0.1, 0.15) is 5.56 Å². The molecule has 3 rings (SSSR count). The number of fused-ring (bicyclic) bond motifs is 1. The molecule has 1 heterocycles. The van der Waals surface area contributed by atoms with Gasteiger partial charge in [0.15, 0.2) is 0 Å². The molecule has 0 saturated carbocycles. The van der Waals surface area contributed by atoms with Gasteiger partial charge in [-0.15, -0.1) is 0 Å². The molecule has 2 nitrogen and oxygen atoms in total. The van der Waals surface area contributed by atoms with Crippen molar-refractivity contribution in [3.05, 3.63) is 42.0 Å². The standard InChI is InChI=1S/C17H22O2S/c1-18-17-8-7-14(15-5-3-4-6-16(15)17)13-20(2)11-9-19-10-12-20/h3-8H,9-13H2,1-2H3. The smallest absolute Gasteiger partial charge is 0.126 e. The number of benzene rings is 2. The summed E-state index contributed by atoms with van der Waals surface area (Å²) < 4.78 is 11.0. The fraction of sp³-hybridized carbons (Fsp3) is 0.412. The molecule has 0 spiro atoms. The van der Waals surface area contributed by atoms with Crippen molar-refractivity contribution in [2.24, 2.45) is 0 Å². The van der Waals surface area contributed by atoms with Crippen LogP contribution in [0.2, 0.25) is 0 Å². The molecule has 108 valence electrons. The molecule has 1 saturated heterocycles. The first-order valence-corrected chi connectivity index (χ1v) is 9.60. The summed E-state index contributed by atoms with van der Waals surface area (Å²) in [6.07, 6.45) is 2.47. The van der Waals surface area contributed by atoms with Gasteiger partial charge in [0.1, 0.15) is 5.75 Å². The van der Waals surface area contributed by atoms with Crippen LogP contribution in [-0.4, -0.2) is 38.1 Å². The lowest BCUT2D eigenvalue weighted by Gasteiger charge is -2.39. The Morgan fingerprint density at radius 3 is 2.45 bits per heavy atom. The van der Waals surface area contributed by atoms with E-state index in [0.29, 0.717) is 0 Å². The molecular formula is C17H22O2S. The Morgan fingerprint density at radius 2 is 1.75 bits per heavy atom. The first kappa shape index (κ1) is 13.8. The zero-order valence-electron chi connectivity index (χ0n) is 12.2. The normalized spacial score (nSPS) is 19.7. The van der Waals surface area contributed by atoms with Gasteiger partial charge in [-0.2, -0.15) is 0 Å². The molecule has 0 atom stereocenters. The van der Waals surface area contributed by atoms with Gasteiger partial charge < -0.3 is 9.47 Å². The van der Waals surface area contributed by atoms with Gasteiger partial charge in [-0.05, 0) is 23.3 Å². The topological polar surface area (TPSA) is 18.5 Å². The lowest BCUT2D eigenvalue weighted by Crippen LogP contribution is -2.24. The van der Waals surface area contributed by atoms with Crippen LogP contribution in [0.25, 0.3) is 10.8 Å². The van der Waals surface area contributed by atoms with Crippen LogP contribution >= 0.6 is 10.0 Å². The van der Waals surface area contributed by atoms with E-state index in [4.69, 9.17) is 9.47 Å². The third-order valence-electron chi connectivity index (χ3n) is 4.14. The monoisotopic (exact) mass is 290 g/mol. The Bertz CT molecular complexity index is 603. The lowest BCUT2D eigenvalue weighted by molar-refractivity contribution is 0.159. The van der Waals surface area contributed by atoms with Crippen LogP contribution in [0.3, 0.4) is 0 Å². The Hall–Kier alpha value is -1.19. The van der Waals surface area contributed by atoms with E-state index in [1.165, 1.54) is 33.6 Å². The summed E-state index contributed by atoms with van der Waals surface area (Å²) in [7, 11) is 1.17. The SMILES string of the molecule is COc1ccc(CS2(C)CCOCC2)c2ccccc12. The van der Waals surface area contributed by atoms with Crippen molar-refractivity contribution in [1.29, 1.82) is 0 Å². The summed E-state index contributed by atoms with van der Waals surface area (Å²) in [4.78, 5) is 0. The molecule has 0 unspecified atom stereocenters. The second-order valence-electron chi connectivity index (χ2n) is 5.62. The van der Waals surface area contributed by atoms with Crippen molar-refractivity contribution < 1.29 is 9.47 Å². The van der Waals surface area contributed by atoms with E-state index in [2.05, 4.69) is 42.7 Å². The second-order valence-corrected chi connectivity index (χ2v) is 9.68. The highest BCUT2D eigenvalue weighted by atomic mass is 32.3. The van der Waals surface area contributed by atoms with E-state index >= 15 is 0 Å². The predicted molar refractivity (Wildman–Crippen MR) is 88.3 cm³/mol. The van der Waals surface area contributed by atoms with E-state index in [9.17, 15) is 0 Å². The van der Waals surface area contributed by atoms with Gasteiger partial charge in [0, 0.05) is 22.6 Å². The van der Waals surface area contributed by atoms with Crippen LogP contribution in [0.5, 0.6) is 5.75 Å². The van der Waals surface area contributed by atoms with Gasteiger partial charge in [-0.1, -0.05) is 30.3 Å². The summed E-state index contributed by atoms with van der Waals surface area (Å²) in [5.74, 6) is 4.62. The minimum Gasteiger partial charge on any atom is -0.496 e. The zero-order chi connectivity index (χ0) is 14.0. The van der Waals surface area contributed by atoms with E-state index < -0.39 is 10.0 Å². The van der Waals surface area contributed by atoms with E-state index in [-0.39, 0.29) is 0 Å². The fourth-order valence-corrected chi connectivity index (χ4v) is 5.42. The molecule has 2 aromatic rings. The molecule has 1 aliphatic rings. The average molecular weight is 290 g/mol. The van der Waals surface area contributed by atoms with Gasteiger partial charge in [0.2, 0.25) is 0 Å². The van der Waals surface area contributed by atoms with Crippen LogP contribution in [0.4, 0.5) is 0 Å². The van der Waals surface area contributed by atoms with E-state index in [0.717, 1.165) is 19.0 Å². The molecule has 0 aliphatic carbocycles. The van der Waals surface area contributed by atoms with E-state index in [1.807, 2.05) is 0 Å². The number of methoxy groups -OCH3 is 1. The molecular weight excluding hydrogens is 268 g/mol. The third kappa shape index (κ3) is 2.65.